The molecule has 2 aromatic rings. The molecule has 0 amide bonds. The van der Waals surface area contributed by atoms with Gasteiger partial charge in [0.1, 0.15) is 4.90 Å². The van der Waals surface area contributed by atoms with E-state index in [9.17, 15) is 13.2 Å². The van der Waals surface area contributed by atoms with Crippen molar-refractivity contribution in [1.82, 2.24) is 0 Å². The van der Waals surface area contributed by atoms with Crippen LogP contribution in [-0.2, 0) is 26.1 Å². The van der Waals surface area contributed by atoms with E-state index in [4.69, 9.17) is 18.4 Å². The highest BCUT2D eigenvalue weighted by Crippen LogP contribution is 2.51. The molecular weight excluding hydrogens is 432 g/mol. The number of aryl methyl sites for hydroxylation is 2. The molecule has 2 aliphatic carbocycles. The van der Waals surface area contributed by atoms with Crippen LogP contribution in [0.2, 0.25) is 0 Å². The lowest BCUT2D eigenvalue weighted by atomic mass is 9.94. The minimum Gasteiger partial charge on any atom is -0.492 e. The van der Waals surface area contributed by atoms with Crippen LogP contribution in [0.1, 0.15) is 36.0 Å². The van der Waals surface area contributed by atoms with Gasteiger partial charge in [-0.1, -0.05) is 17.7 Å². The summed E-state index contributed by atoms with van der Waals surface area (Å²) in [6.07, 6.45) is 1.85. The average molecular weight is 459 g/mol. The number of benzene rings is 2. The molecule has 0 heterocycles. The van der Waals surface area contributed by atoms with Crippen molar-refractivity contribution in [3.05, 3.63) is 52.6 Å². The molecule has 0 N–H and O–H groups in total. The van der Waals surface area contributed by atoms with Crippen LogP contribution in [0.3, 0.4) is 0 Å². The van der Waals surface area contributed by atoms with Crippen LogP contribution >= 0.6 is 0 Å². The van der Waals surface area contributed by atoms with Crippen molar-refractivity contribution in [3.63, 3.8) is 0 Å². The zero-order valence-electron chi connectivity index (χ0n) is 18.6. The lowest BCUT2D eigenvalue weighted by molar-refractivity contribution is -0.115. The van der Waals surface area contributed by atoms with E-state index in [1.807, 2.05) is 6.92 Å². The van der Waals surface area contributed by atoms with E-state index in [0.29, 0.717) is 31.4 Å². The second-order valence-corrected chi connectivity index (χ2v) is 9.45. The molecule has 0 radical (unpaired) electrons. The van der Waals surface area contributed by atoms with Crippen molar-refractivity contribution in [2.75, 3.05) is 21.3 Å². The zero-order valence-corrected chi connectivity index (χ0v) is 19.4. The first-order chi connectivity index (χ1) is 15.3. The monoisotopic (exact) mass is 458 g/mol. The lowest BCUT2D eigenvalue weighted by Gasteiger charge is -2.22. The summed E-state index contributed by atoms with van der Waals surface area (Å²) >= 11 is 0. The van der Waals surface area contributed by atoms with Crippen molar-refractivity contribution in [2.45, 2.75) is 43.6 Å². The molecule has 0 aliphatic heterocycles. The molecule has 0 aromatic heterocycles. The van der Waals surface area contributed by atoms with Crippen molar-refractivity contribution in [3.8, 4) is 17.2 Å². The van der Waals surface area contributed by atoms with Crippen molar-refractivity contribution >= 4 is 21.5 Å². The van der Waals surface area contributed by atoms with Crippen LogP contribution in [0.4, 0.5) is 0 Å². The summed E-state index contributed by atoms with van der Waals surface area (Å²) < 4.78 is 48.3. The molecule has 1 unspecified atom stereocenters. The molecule has 170 valence electrons. The number of methoxy groups -OCH3 is 3. The summed E-state index contributed by atoms with van der Waals surface area (Å²) in [7, 11) is 0.422. The first kappa shape index (κ1) is 22.4. The maximum absolute atomic E-state index is 12.9. The van der Waals surface area contributed by atoms with Crippen LogP contribution in [0.15, 0.2) is 40.8 Å². The Balaban J connectivity index is 1.88. The standard InChI is InChI=1S/C24H26O7S/c1-14-5-8-16(9-6-14)32(26,27)31-20-13-15-7-11-18(25)17-10-12-19(28-2)22(17)21(15)24(30-4)23(20)29-3/h5-6,8-9,13,19H,7,10-12H2,1-4H3. The van der Waals surface area contributed by atoms with E-state index < -0.39 is 10.1 Å². The smallest absolute Gasteiger partial charge is 0.339 e. The molecule has 0 spiro atoms. The third-order valence-corrected chi connectivity index (χ3v) is 7.26. The predicted molar refractivity (Wildman–Crippen MR) is 119 cm³/mol. The SMILES string of the molecule is COc1c(OS(=O)(=O)c2ccc(C)cc2)cc2c(c1OC)C1=C(CCC1OC)C(=O)CC2. The zero-order chi connectivity index (χ0) is 23.0. The maximum Gasteiger partial charge on any atom is 0.339 e. The fourth-order valence-corrected chi connectivity index (χ4v) is 5.39. The molecule has 0 fully saturated rings. The minimum absolute atomic E-state index is 0.0205. The number of ether oxygens (including phenoxy) is 3. The van der Waals surface area contributed by atoms with Gasteiger partial charge in [0.05, 0.1) is 20.3 Å². The molecule has 32 heavy (non-hydrogen) atoms. The summed E-state index contributed by atoms with van der Waals surface area (Å²) in [4.78, 5) is 12.8. The number of hydrogen-bond acceptors (Lipinski definition) is 7. The van der Waals surface area contributed by atoms with Crippen LogP contribution in [0.25, 0.3) is 5.57 Å². The second kappa shape index (κ2) is 8.60. The Bertz CT molecular complexity index is 1190. The van der Waals surface area contributed by atoms with Crippen LogP contribution in [0, 0.1) is 6.92 Å². The van der Waals surface area contributed by atoms with Gasteiger partial charge in [0.15, 0.2) is 17.3 Å². The van der Waals surface area contributed by atoms with Gasteiger partial charge in [0.25, 0.3) is 0 Å². The van der Waals surface area contributed by atoms with E-state index in [0.717, 1.165) is 27.8 Å². The first-order valence-corrected chi connectivity index (χ1v) is 11.8. The highest BCUT2D eigenvalue weighted by Gasteiger charge is 2.37. The maximum atomic E-state index is 12.9. The number of hydrogen-bond donors (Lipinski definition) is 0. The normalized spacial score (nSPS) is 18.1. The highest BCUT2D eigenvalue weighted by molar-refractivity contribution is 7.87. The minimum atomic E-state index is -4.11. The summed E-state index contributed by atoms with van der Waals surface area (Å²) in [5, 5.41) is 0. The number of carbonyl (C=O) groups is 1. The molecule has 0 bridgehead atoms. The third-order valence-electron chi connectivity index (χ3n) is 6.02. The number of ketones is 1. The Kier molecular flexibility index (Phi) is 6.01. The fraction of sp³-hybridized carbons (Fsp3) is 0.375. The molecule has 2 aromatic carbocycles. The average Bonchev–Trinajstić information content (AvgIpc) is 3.15. The highest BCUT2D eigenvalue weighted by atomic mass is 32.2. The third kappa shape index (κ3) is 3.78. The van der Waals surface area contributed by atoms with Crippen LogP contribution in [0.5, 0.6) is 17.2 Å². The molecular formula is C24H26O7S. The molecule has 2 aliphatic rings. The van der Waals surface area contributed by atoms with E-state index in [1.165, 1.54) is 26.4 Å². The van der Waals surface area contributed by atoms with E-state index in [1.54, 1.807) is 25.3 Å². The first-order valence-electron chi connectivity index (χ1n) is 10.4. The van der Waals surface area contributed by atoms with Gasteiger partial charge in [-0.3, -0.25) is 4.79 Å². The number of rotatable bonds is 6. The van der Waals surface area contributed by atoms with Gasteiger partial charge >= 0.3 is 10.1 Å². The molecule has 8 heteroatoms. The topological polar surface area (TPSA) is 88.1 Å². The van der Waals surface area contributed by atoms with Gasteiger partial charge in [-0.15, -0.1) is 0 Å². The van der Waals surface area contributed by atoms with Gasteiger partial charge < -0.3 is 18.4 Å². The Hall–Kier alpha value is -2.84. The Morgan fingerprint density at radius 1 is 0.938 bits per heavy atom. The van der Waals surface area contributed by atoms with E-state index >= 15 is 0 Å². The Labute approximate surface area is 188 Å². The number of fused-ring (bicyclic) bond motifs is 2. The number of allylic oxidation sites excluding steroid dienone is 1. The fourth-order valence-electron chi connectivity index (χ4n) is 4.47. The molecule has 4 rings (SSSR count). The van der Waals surface area contributed by atoms with Crippen LogP contribution < -0.4 is 13.7 Å². The van der Waals surface area contributed by atoms with Crippen molar-refractivity contribution in [2.24, 2.45) is 0 Å². The number of carbonyl (C=O) groups excluding carboxylic acids is 1. The second-order valence-electron chi connectivity index (χ2n) is 7.90. The van der Waals surface area contributed by atoms with Crippen LogP contribution in [-0.4, -0.2) is 41.6 Å². The van der Waals surface area contributed by atoms with Crippen molar-refractivity contribution in [1.29, 1.82) is 0 Å². The molecule has 0 saturated carbocycles. The van der Waals surface area contributed by atoms with Gasteiger partial charge in [0, 0.05) is 24.7 Å². The number of Topliss-reactive ketones (excluding diaryl/α,β-unsaturated/α-hetero) is 1. The van der Waals surface area contributed by atoms with Gasteiger partial charge in [-0.05, 0) is 55.5 Å². The Morgan fingerprint density at radius 3 is 2.25 bits per heavy atom. The van der Waals surface area contributed by atoms with Gasteiger partial charge in [-0.25, -0.2) is 0 Å². The molecule has 0 saturated heterocycles. The predicted octanol–water partition coefficient (Wildman–Crippen LogP) is 3.86. The van der Waals surface area contributed by atoms with E-state index in [-0.39, 0.29) is 28.3 Å². The summed E-state index contributed by atoms with van der Waals surface area (Å²) in [6, 6.07) is 8.03. The molecule has 1 atom stereocenters. The van der Waals surface area contributed by atoms with Crippen molar-refractivity contribution < 1.29 is 31.6 Å². The summed E-state index contributed by atoms with van der Waals surface area (Å²) in [5.41, 5.74) is 3.98. The summed E-state index contributed by atoms with van der Waals surface area (Å²) in [6.45, 7) is 1.87. The van der Waals surface area contributed by atoms with E-state index in [2.05, 4.69) is 0 Å². The quantitative estimate of drug-likeness (QED) is 0.608. The summed E-state index contributed by atoms with van der Waals surface area (Å²) in [5.74, 6) is 0.591. The lowest BCUT2D eigenvalue weighted by Crippen LogP contribution is -2.14. The largest absolute Gasteiger partial charge is 0.492 e. The Morgan fingerprint density at radius 2 is 1.62 bits per heavy atom. The van der Waals surface area contributed by atoms with Gasteiger partial charge in [-0.2, -0.15) is 8.42 Å². The van der Waals surface area contributed by atoms with Gasteiger partial charge in [0.2, 0.25) is 5.75 Å². The molecule has 7 nitrogen and oxygen atoms in total.